The van der Waals surface area contributed by atoms with Gasteiger partial charge in [-0.15, -0.1) is 0 Å². The Morgan fingerprint density at radius 2 is 2.04 bits per heavy atom. The molecule has 1 atom stereocenters. The predicted molar refractivity (Wildman–Crippen MR) is 87.9 cm³/mol. The molecule has 2 N–H and O–H groups in total. The summed E-state index contributed by atoms with van der Waals surface area (Å²) in [5, 5.41) is 30.1. The van der Waals surface area contributed by atoms with Gasteiger partial charge in [-0.2, -0.15) is 19.9 Å². The fourth-order valence-corrected chi connectivity index (χ4v) is 4.19. The van der Waals surface area contributed by atoms with Crippen LogP contribution < -0.4 is 5.43 Å². The number of hydrogen-bond acceptors (Lipinski definition) is 7. The Morgan fingerprint density at radius 3 is 2.68 bits per heavy atom. The minimum atomic E-state index is -3.99. The molecule has 1 unspecified atom stereocenters. The highest BCUT2D eigenvalue weighted by Crippen LogP contribution is 2.27. The van der Waals surface area contributed by atoms with Gasteiger partial charge in [0.15, 0.2) is 0 Å². The zero-order valence-electron chi connectivity index (χ0n) is 13.1. The summed E-state index contributed by atoms with van der Waals surface area (Å²) in [6.07, 6.45) is 1.52. The van der Waals surface area contributed by atoms with Gasteiger partial charge in [0.2, 0.25) is 15.7 Å². The molecule has 25 heavy (non-hydrogen) atoms. The summed E-state index contributed by atoms with van der Waals surface area (Å²) >= 11 is 0. The Labute approximate surface area is 144 Å². The number of carboxylic acids is 1. The average Bonchev–Trinajstić information content (AvgIpc) is 2.62. The molecule has 1 fully saturated rings. The van der Waals surface area contributed by atoms with Crippen LogP contribution in [-0.4, -0.2) is 42.1 Å². The molecule has 1 aliphatic rings. The van der Waals surface area contributed by atoms with E-state index < -0.39 is 27.7 Å². The molecule has 9 nitrogen and oxygen atoms in total. The number of aliphatic carboxylic acids is 1. The molecule has 0 amide bonds. The molecule has 130 valence electrons. The topological polar surface area (TPSA) is 147 Å². The second-order valence-electron chi connectivity index (χ2n) is 5.29. The number of carbonyl (C=O) groups is 1. The van der Waals surface area contributed by atoms with Gasteiger partial charge >= 0.3 is 5.97 Å². The van der Waals surface area contributed by atoms with Crippen LogP contribution in [0.4, 0.5) is 5.69 Å². The zero-order chi connectivity index (χ0) is 18.4. The lowest BCUT2D eigenvalue weighted by Crippen LogP contribution is -2.47. The summed E-state index contributed by atoms with van der Waals surface area (Å²) in [7, 11) is -3.99. The fraction of sp³-hybridized carbons (Fsp3) is 0.333. The van der Waals surface area contributed by atoms with E-state index in [1.165, 1.54) is 24.3 Å². The van der Waals surface area contributed by atoms with Crippen molar-refractivity contribution in [1.82, 2.24) is 4.31 Å². The van der Waals surface area contributed by atoms with Crippen LogP contribution in [0, 0.1) is 22.7 Å². The van der Waals surface area contributed by atoms with E-state index in [2.05, 4.69) is 10.5 Å². The maximum atomic E-state index is 12.8. The molecule has 0 aromatic heterocycles. The van der Waals surface area contributed by atoms with Gasteiger partial charge in [-0.3, -0.25) is 10.2 Å². The zero-order valence-corrected chi connectivity index (χ0v) is 13.9. The van der Waals surface area contributed by atoms with Crippen molar-refractivity contribution >= 4 is 27.4 Å². The van der Waals surface area contributed by atoms with E-state index in [0.29, 0.717) is 12.8 Å². The van der Waals surface area contributed by atoms with Crippen LogP contribution in [0.25, 0.3) is 0 Å². The summed E-state index contributed by atoms with van der Waals surface area (Å²) in [6.45, 7) is 0.141. The number of hydrazone groups is 1. The van der Waals surface area contributed by atoms with Crippen LogP contribution in [0.5, 0.6) is 0 Å². The normalized spacial score (nSPS) is 17.8. The first-order chi connectivity index (χ1) is 11.9. The second-order valence-corrected chi connectivity index (χ2v) is 7.18. The Kier molecular flexibility index (Phi) is 5.70. The van der Waals surface area contributed by atoms with Gasteiger partial charge in [0.25, 0.3) is 0 Å². The second kappa shape index (κ2) is 7.75. The molecule has 1 saturated heterocycles. The minimum absolute atomic E-state index is 0.0867. The maximum absolute atomic E-state index is 12.8. The van der Waals surface area contributed by atoms with Crippen molar-refractivity contribution in [1.29, 1.82) is 10.5 Å². The molecule has 1 aliphatic heterocycles. The van der Waals surface area contributed by atoms with E-state index in [-0.39, 0.29) is 23.5 Å². The summed E-state index contributed by atoms with van der Waals surface area (Å²) in [5.41, 5.74) is 2.29. The molecule has 2 rings (SSSR count). The number of sulfonamides is 1. The first kappa shape index (κ1) is 18.4. The van der Waals surface area contributed by atoms with E-state index in [4.69, 9.17) is 10.5 Å². The molecule has 0 bridgehead atoms. The number of rotatable bonds is 5. The van der Waals surface area contributed by atoms with Crippen LogP contribution in [0.2, 0.25) is 0 Å². The van der Waals surface area contributed by atoms with E-state index >= 15 is 0 Å². The smallest absolute Gasteiger partial charge is 0.322 e. The molecular formula is C15H15N5O4S. The molecule has 0 spiro atoms. The number of piperidine rings is 1. The molecule has 1 heterocycles. The Bertz CT molecular complexity index is 866. The number of nitrogens with one attached hydrogen (secondary N) is 1. The number of anilines is 1. The largest absolute Gasteiger partial charge is 0.480 e. The Hall–Kier alpha value is -2.95. The van der Waals surface area contributed by atoms with Gasteiger partial charge in [0.05, 0.1) is 10.6 Å². The van der Waals surface area contributed by atoms with E-state index in [1.807, 2.05) is 0 Å². The summed E-state index contributed by atoms with van der Waals surface area (Å²) in [6, 6.07) is 7.66. The van der Waals surface area contributed by atoms with Crippen molar-refractivity contribution in [3.63, 3.8) is 0 Å². The highest BCUT2D eigenvalue weighted by molar-refractivity contribution is 7.89. The average molecular weight is 361 g/mol. The Balaban J connectivity index is 2.32. The monoisotopic (exact) mass is 361 g/mol. The molecule has 10 heteroatoms. The Morgan fingerprint density at radius 1 is 1.32 bits per heavy atom. The first-order valence-electron chi connectivity index (χ1n) is 7.38. The van der Waals surface area contributed by atoms with Crippen molar-refractivity contribution in [2.45, 2.75) is 30.2 Å². The fourth-order valence-electron chi connectivity index (χ4n) is 2.50. The lowest BCUT2D eigenvalue weighted by molar-refractivity contribution is -0.142. The van der Waals surface area contributed by atoms with Crippen LogP contribution in [0.3, 0.4) is 0 Å². The van der Waals surface area contributed by atoms with Gasteiger partial charge in [-0.1, -0.05) is 6.07 Å². The molecule has 1 aromatic carbocycles. The highest BCUT2D eigenvalue weighted by Gasteiger charge is 2.37. The van der Waals surface area contributed by atoms with Gasteiger partial charge in [-0.25, -0.2) is 8.42 Å². The molecular weight excluding hydrogens is 346 g/mol. The number of hydrogen-bond donors (Lipinski definition) is 2. The van der Waals surface area contributed by atoms with Gasteiger partial charge in [0, 0.05) is 6.54 Å². The van der Waals surface area contributed by atoms with Gasteiger partial charge in [0.1, 0.15) is 18.2 Å². The van der Waals surface area contributed by atoms with Crippen molar-refractivity contribution in [3.05, 3.63) is 24.3 Å². The standard InChI is InChI=1S/C15H15N5O4S/c16-9-12(10-17)19-18-11-4-3-5-13(8-11)25(23,24)20-7-2-1-6-14(20)15(21)22/h3-5,8,14,18H,1-2,6-7H2,(H,21,22). The third-order valence-electron chi connectivity index (χ3n) is 3.69. The molecule has 0 aliphatic carbocycles. The van der Waals surface area contributed by atoms with Crippen molar-refractivity contribution in [2.24, 2.45) is 5.10 Å². The van der Waals surface area contributed by atoms with Crippen LogP contribution in [-0.2, 0) is 14.8 Å². The van der Waals surface area contributed by atoms with Crippen molar-refractivity contribution in [2.75, 3.05) is 12.0 Å². The van der Waals surface area contributed by atoms with Crippen LogP contribution in [0.1, 0.15) is 19.3 Å². The summed E-state index contributed by atoms with van der Waals surface area (Å²) < 4.78 is 26.6. The number of carboxylic acid groups (broad SMARTS) is 1. The number of benzene rings is 1. The maximum Gasteiger partial charge on any atom is 0.322 e. The highest BCUT2D eigenvalue weighted by atomic mass is 32.2. The summed E-state index contributed by atoms with van der Waals surface area (Å²) in [5.74, 6) is -1.17. The SMILES string of the molecule is N#CC(C#N)=NNc1cccc(S(=O)(=O)N2CCCCC2C(=O)O)c1. The molecule has 0 radical (unpaired) electrons. The van der Waals surface area contributed by atoms with Crippen LogP contribution in [0.15, 0.2) is 34.3 Å². The third kappa shape index (κ3) is 4.12. The quantitative estimate of drug-likeness (QED) is 0.590. The lowest BCUT2D eigenvalue weighted by atomic mass is 10.1. The predicted octanol–water partition coefficient (Wildman–Crippen LogP) is 1.13. The first-order valence-corrected chi connectivity index (χ1v) is 8.82. The van der Waals surface area contributed by atoms with Crippen LogP contribution >= 0.6 is 0 Å². The number of nitriles is 2. The van der Waals surface area contributed by atoms with Crippen molar-refractivity contribution < 1.29 is 18.3 Å². The molecule has 0 saturated carbocycles. The number of nitrogens with zero attached hydrogens (tertiary/aromatic N) is 4. The lowest BCUT2D eigenvalue weighted by Gasteiger charge is -2.31. The summed E-state index contributed by atoms with van der Waals surface area (Å²) in [4.78, 5) is 11.3. The molecule has 1 aromatic rings. The van der Waals surface area contributed by atoms with E-state index in [0.717, 1.165) is 4.31 Å². The van der Waals surface area contributed by atoms with E-state index in [1.54, 1.807) is 12.1 Å². The van der Waals surface area contributed by atoms with Gasteiger partial charge < -0.3 is 5.11 Å². The van der Waals surface area contributed by atoms with Crippen molar-refractivity contribution in [3.8, 4) is 12.1 Å². The van der Waals surface area contributed by atoms with E-state index in [9.17, 15) is 18.3 Å². The third-order valence-corrected chi connectivity index (χ3v) is 5.59. The van der Waals surface area contributed by atoms with Gasteiger partial charge in [-0.05, 0) is 37.5 Å². The minimum Gasteiger partial charge on any atom is -0.480 e.